The summed E-state index contributed by atoms with van der Waals surface area (Å²) in [6.07, 6.45) is 1.78. The number of halogens is 2. The van der Waals surface area contributed by atoms with Gasteiger partial charge in [0.1, 0.15) is 5.75 Å². The van der Waals surface area contributed by atoms with Crippen LogP contribution in [-0.2, 0) is 11.2 Å². The van der Waals surface area contributed by atoms with E-state index in [4.69, 9.17) is 27.9 Å². The first-order valence-corrected chi connectivity index (χ1v) is 9.08. The molecule has 0 aliphatic rings. The highest BCUT2D eigenvalue weighted by Crippen LogP contribution is 2.25. The molecule has 1 amide bonds. The zero-order valence-corrected chi connectivity index (χ0v) is 16.2. The molecule has 134 valence electrons. The van der Waals surface area contributed by atoms with Crippen LogP contribution in [0.25, 0.3) is 0 Å². The van der Waals surface area contributed by atoms with Crippen LogP contribution in [0.1, 0.15) is 42.5 Å². The minimum absolute atomic E-state index is 0.00587. The third kappa shape index (κ3) is 5.38. The summed E-state index contributed by atoms with van der Waals surface area (Å²) >= 11 is 12.1. The molecule has 0 spiro atoms. The third-order valence-electron chi connectivity index (χ3n) is 4.20. The van der Waals surface area contributed by atoms with Gasteiger partial charge < -0.3 is 10.1 Å². The number of amides is 1. The van der Waals surface area contributed by atoms with Gasteiger partial charge in [0.15, 0.2) is 0 Å². The molecule has 0 aliphatic carbocycles. The van der Waals surface area contributed by atoms with Gasteiger partial charge in [0.2, 0.25) is 5.91 Å². The van der Waals surface area contributed by atoms with Crippen LogP contribution in [0.2, 0.25) is 10.0 Å². The number of hydrogen-bond donors (Lipinski definition) is 1. The van der Waals surface area contributed by atoms with Crippen molar-refractivity contribution in [2.24, 2.45) is 0 Å². The minimum Gasteiger partial charge on any atom is -0.496 e. The van der Waals surface area contributed by atoms with Crippen molar-refractivity contribution in [2.75, 3.05) is 7.11 Å². The number of nitrogens with one attached hydrogen (secondary N) is 1. The highest BCUT2D eigenvalue weighted by atomic mass is 35.5. The Morgan fingerprint density at radius 1 is 1.20 bits per heavy atom. The SMILES string of the molecule is CCC(NC(=O)CCc1ccc(Cl)cc1Cl)c1ccc(OC)c(C)c1. The van der Waals surface area contributed by atoms with Gasteiger partial charge in [-0.2, -0.15) is 0 Å². The van der Waals surface area contributed by atoms with Crippen LogP contribution >= 0.6 is 23.2 Å². The summed E-state index contributed by atoms with van der Waals surface area (Å²) in [5.41, 5.74) is 3.06. The van der Waals surface area contributed by atoms with Crippen LogP contribution in [0.15, 0.2) is 36.4 Å². The maximum absolute atomic E-state index is 12.3. The molecule has 1 unspecified atom stereocenters. The van der Waals surface area contributed by atoms with E-state index in [1.807, 2.05) is 25.1 Å². The summed E-state index contributed by atoms with van der Waals surface area (Å²) < 4.78 is 5.29. The normalized spacial score (nSPS) is 11.9. The fourth-order valence-electron chi connectivity index (χ4n) is 2.78. The molecule has 0 aromatic heterocycles. The van der Waals surface area contributed by atoms with Crippen molar-refractivity contribution >= 4 is 29.1 Å². The molecule has 2 aromatic carbocycles. The molecule has 1 N–H and O–H groups in total. The Kier molecular flexibility index (Phi) is 7.15. The lowest BCUT2D eigenvalue weighted by atomic mass is 10.0. The van der Waals surface area contributed by atoms with E-state index in [9.17, 15) is 4.79 Å². The summed E-state index contributed by atoms with van der Waals surface area (Å²) in [4.78, 5) is 12.3. The largest absolute Gasteiger partial charge is 0.496 e. The zero-order valence-electron chi connectivity index (χ0n) is 14.7. The molecule has 0 radical (unpaired) electrons. The number of methoxy groups -OCH3 is 1. The first-order valence-electron chi connectivity index (χ1n) is 8.32. The Balaban J connectivity index is 1.98. The number of ether oxygens (including phenoxy) is 1. The van der Waals surface area contributed by atoms with Gasteiger partial charge in [-0.1, -0.05) is 48.3 Å². The number of aryl methyl sites for hydroxylation is 2. The summed E-state index contributed by atoms with van der Waals surface area (Å²) in [6, 6.07) is 11.3. The number of carbonyl (C=O) groups excluding carboxylic acids is 1. The predicted molar refractivity (Wildman–Crippen MR) is 104 cm³/mol. The van der Waals surface area contributed by atoms with Crippen LogP contribution in [0.3, 0.4) is 0 Å². The standard InChI is InChI=1S/C20H23Cl2NO2/c1-4-18(15-6-9-19(25-3)13(2)11-15)23-20(24)10-7-14-5-8-16(21)12-17(14)22/h5-6,8-9,11-12,18H,4,7,10H2,1-3H3,(H,23,24). The third-order valence-corrected chi connectivity index (χ3v) is 4.79. The lowest BCUT2D eigenvalue weighted by Crippen LogP contribution is -2.28. The molecule has 0 bridgehead atoms. The topological polar surface area (TPSA) is 38.3 Å². The van der Waals surface area contributed by atoms with Gasteiger partial charge in [-0.25, -0.2) is 0 Å². The second-order valence-corrected chi connectivity index (χ2v) is 6.84. The van der Waals surface area contributed by atoms with E-state index in [1.165, 1.54) is 0 Å². The fourth-order valence-corrected chi connectivity index (χ4v) is 3.28. The lowest BCUT2D eigenvalue weighted by molar-refractivity contribution is -0.121. The van der Waals surface area contributed by atoms with Crippen LogP contribution in [-0.4, -0.2) is 13.0 Å². The smallest absolute Gasteiger partial charge is 0.220 e. The van der Waals surface area contributed by atoms with Crippen molar-refractivity contribution in [2.45, 2.75) is 39.2 Å². The summed E-state index contributed by atoms with van der Waals surface area (Å²) in [7, 11) is 1.66. The Labute approximate surface area is 159 Å². The van der Waals surface area contributed by atoms with Gasteiger partial charge in [-0.3, -0.25) is 4.79 Å². The second-order valence-electron chi connectivity index (χ2n) is 5.99. The Morgan fingerprint density at radius 3 is 2.56 bits per heavy atom. The van der Waals surface area contributed by atoms with Crippen molar-refractivity contribution in [3.8, 4) is 5.75 Å². The quantitative estimate of drug-likeness (QED) is 0.688. The maximum atomic E-state index is 12.3. The van der Waals surface area contributed by atoms with Crippen molar-refractivity contribution in [1.29, 1.82) is 0 Å². The molecule has 0 heterocycles. The Hall–Kier alpha value is -1.71. The molecule has 2 aromatic rings. The van der Waals surface area contributed by atoms with Gasteiger partial charge >= 0.3 is 0 Å². The molecule has 0 fully saturated rings. The van der Waals surface area contributed by atoms with E-state index in [2.05, 4.69) is 18.3 Å². The van der Waals surface area contributed by atoms with Crippen LogP contribution in [0, 0.1) is 6.92 Å². The molecule has 0 saturated heterocycles. The summed E-state index contributed by atoms with van der Waals surface area (Å²) in [6.45, 7) is 4.06. The van der Waals surface area contributed by atoms with E-state index in [0.29, 0.717) is 22.9 Å². The average molecular weight is 380 g/mol. The first-order chi connectivity index (χ1) is 11.9. The minimum atomic E-state index is -0.0159. The van der Waals surface area contributed by atoms with Gasteiger partial charge in [0.05, 0.1) is 13.2 Å². The zero-order chi connectivity index (χ0) is 18.4. The molecular weight excluding hydrogens is 357 g/mol. The lowest BCUT2D eigenvalue weighted by Gasteiger charge is -2.19. The molecule has 0 saturated carbocycles. The maximum Gasteiger partial charge on any atom is 0.220 e. The average Bonchev–Trinajstić information content (AvgIpc) is 2.58. The molecule has 0 aliphatic heterocycles. The van der Waals surface area contributed by atoms with Crippen molar-refractivity contribution in [3.05, 3.63) is 63.1 Å². The van der Waals surface area contributed by atoms with Crippen molar-refractivity contribution in [3.63, 3.8) is 0 Å². The summed E-state index contributed by atoms with van der Waals surface area (Å²) in [5, 5.41) is 4.29. The van der Waals surface area contributed by atoms with Crippen molar-refractivity contribution in [1.82, 2.24) is 5.32 Å². The number of hydrogen-bond acceptors (Lipinski definition) is 2. The molecule has 1 atom stereocenters. The van der Waals surface area contributed by atoms with Crippen LogP contribution in [0.4, 0.5) is 0 Å². The molecule has 5 heteroatoms. The first kappa shape index (κ1) is 19.6. The monoisotopic (exact) mass is 379 g/mol. The van der Waals surface area contributed by atoms with E-state index in [1.54, 1.807) is 19.2 Å². The summed E-state index contributed by atoms with van der Waals surface area (Å²) in [5.74, 6) is 0.855. The second kappa shape index (κ2) is 9.12. The predicted octanol–water partition coefficient (Wildman–Crippen LogP) is 5.51. The fraction of sp³-hybridized carbons (Fsp3) is 0.350. The van der Waals surface area contributed by atoms with Gasteiger partial charge in [0.25, 0.3) is 0 Å². The highest BCUT2D eigenvalue weighted by Gasteiger charge is 2.14. The number of carbonyl (C=O) groups is 1. The van der Waals surface area contributed by atoms with E-state index in [-0.39, 0.29) is 11.9 Å². The van der Waals surface area contributed by atoms with Gasteiger partial charge in [0, 0.05) is 16.5 Å². The van der Waals surface area contributed by atoms with Crippen molar-refractivity contribution < 1.29 is 9.53 Å². The molecule has 3 nitrogen and oxygen atoms in total. The van der Waals surface area contributed by atoms with Gasteiger partial charge in [-0.05, 0) is 54.7 Å². The van der Waals surface area contributed by atoms with E-state index >= 15 is 0 Å². The van der Waals surface area contributed by atoms with Gasteiger partial charge in [-0.15, -0.1) is 0 Å². The molecular formula is C20H23Cl2NO2. The Morgan fingerprint density at radius 2 is 1.96 bits per heavy atom. The number of rotatable bonds is 7. The van der Waals surface area contributed by atoms with Crippen LogP contribution < -0.4 is 10.1 Å². The molecule has 25 heavy (non-hydrogen) atoms. The highest BCUT2D eigenvalue weighted by molar-refractivity contribution is 6.35. The molecule has 2 rings (SSSR count). The Bertz CT molecular complexity index is 746. The number of benzene rings is 2. The van der Waals surface area contributed by atoms with E-state index in [0.717, 1.165) is 28.9 Å². The van der Waals surface area contributed by atoms with Crippen LogP contribution in [0.5, 0.6) is 5.75 Å². The van der Waals surface area contributed by atoms with E-state index < -0.39 is 0 Å².